The largest absolute Gasteiger partial charge is 0.347 e. The van der Waals surface area contributed by atoms with Crippen molar-refractivity contribution >= 4 is 6.29 Å². The van der Waals surface area contributed by atoms with Gasteiger partial charge in [-0.2, -0.15) is 0 Å². The Morgan fingerprint density at radius 2 is 2.67 bits per heavy atom. The molecule has 0 aliphatic heterocycles. The Kier molecular flexibility index (Phi) is 1.32. The van der Waals surface area contributed by atoms with Crippen LogP contribution in [0.4, 0.5) is 0 Å². The summed E-state index contributed by atoms with van der Waals surface area (Å²) in [6, 6.07) is 1.40. The Balaban J connectivity index is 3.03. The second kappa shape index (κ2) is 2.14. The van der Waals surface area contributed by atoms with E-state index in [-0.39, 0.29) is 11.5 Å². The maximum atomic E-state index is 9.94. The summed E-state index contributed by atoms with van der Waals surface area (Å²) >= 11 is 0. The predicted octanol–water partition coefficient (Wildman–Crippen LogP) is 0.468. The number of aromatic nitrogens is 1. The molecule has 0 spiro atoms. The second-order valence-corrected chi connectivity index (χ2v) is 1.38. The third-order valence-electron chi connectivity index (χ3n) is 0.791. The summed E-state index contributed by atoms with van der Waals surface area (Å²) in [5, 5.41) is 3.32. The summed E-state index contributed by atoms with van der Waals surface area (Å²) in [4.78, 5) is 9.94. The van der Waals surface area contributed by atoms with Crippen molar-refractivity contribution < 1.29 is 9.32 Å². The van der Waals surface area contributed by atoms with Crippen LogP contribution in [0, 0.1) is 12.3 Å². The van der Waals surface area contributed by atoms with Gasteiger partial charge in [-0.15, -0.1) is 6.42 Å². The van der Waals surface area contributed by atoms with Gasteiger partial charge in [0.15, 0.2) is 6.29 Å². The summed E-state index contributed by atoms with van der Waals surface area (Å²) in [5.41, 5.74) is 0.225. The van der Waals surface area contributed by atoms with Crippen LogP contribution in [0.2, 0.25) is 0 Å². The van der Waals surface area contributed by atoms with Crippen molar-refractivity contribution in [1.82, 2.24) is 5.16 Å². The van der Waals surface area contributed by atoms with E-state index in [1.165, 1.54) is 6.07 Å². The average molecular weight is 121 g/mol. The molecule has 0 N–H and O–H groups in total. The van der Waals surface area contributed by atoms with Gasteiger partial charge < -0.3 is 4.52 Å². The van der Waals surface area contributed by atoms with Crippen molar-refractivity contribution in [2.45, 2.75) is 0 Å². The topological polar surface area (TPSA) is 43.1 Å². The number of terminal acetylenes is 1. The van der Waals surface area contributed by atoms with Crippen LogP contribution in [0.3, 0.4) is 0 Å². The zero-order valence-corrected chi connectivity index (χ0v) is 4.50. The lowest BCUT2D eigenvalue weighted by Gasteiger charge is -1.65. The summed E-state index contributed by atoms with van der Waals surface area (Å²) in [5.74, 6) is 2.47. The lowest BCUT2D eigenvalue weighted by atomic mass is 10.4. The SMILES string of the molecule is C#Cc1cc(C=O)no1. The van der Waals surface area contributed by atoms with Gasteiger partial charge in [0.25, 0.3) is 0 Å². The molecule has 0 aromatic carbocycles. The zero-order valence-electron chi connectivity index (χ0n) is 4.50. The molecule has 1 rings (SSSR count). The molecular formula is C6H3NO2. The monoisotopic (exact) mass is 121 g/mol. The van der Waals surface area contributed by atoms with Crippen molar-refractivity contribution in [2.75, 3.05) is 0 Å². The number of carbonyl (C=O) groups is 1. The molecule has 0 radical (unpaired) electrons. The fraction of sp³-hybridized carbons (Fsp3) is 0. The molecule has 0 atom stereocenters. The zero-order chi connectivity index (χ0) is 6.69. The van der Waals surface area contributed by atoms with E-state index in [1.54, 1.807) is 0 Å². The molecule has 0 bridgehead atoms. The van der Waals surface area contributed by atoms with Gasteiger partial charge in [0.1, 0.15) is 5.69 Å². The highest BCUT2D eigenvalue weighted by atomic mass is 16.5. The highest BCUT2D eigenvalue weighted by Gasteiger charge is 1.96. The first-order valence-corrected chi connectivity index (χ1v) is 2.25. The van der Waals surface area contributed by atoms with Gasteiger partial charge >= 0.3 is 0 Å². The first-order chi connectivity index (χ1) is 4.36. The maximum absolute atomic E-state index is 9.94. The number of rotatable bonds is 1. The molecule has 0 saturated heterocycles. The molecule has 44 valence electrons. The Morgan fingerprint density at radius 3 is 3.00 bits per heavy atom. The van der Waals surface area contributed by atoms with E-state index in [0.717, 1.165) is 0 Å². The normalized spacial score (nSPS) is 8.33. The summed E-state index contributed by atoms with van der Waals surface area (Å²) in [7, 11) is 0. The number of carbonyl (C=O) groups excluding carboxylic acids is 1. The smallest absolute Gasteiger partial charge is 0.210 e. The minimum absolute atomic E-state index is 0.225. The lowest BCUT2D eigenvalue weighted by molar-refractivity contribution is 0.111. The fourth-order valence-electron chi connectivity index (χ4n) is 0.412. The number of aldehydes is 1. The second-order valence-electron chi connectivity index (χ2n) is 1.38. The molecule has 0 aliphatic rings. The molecule has 1 heterocycles. The summed E-state index contributed by atoms with van der Waals surface area (Å²) in [6.45, 7) is 0. The van der Waals surface area contributed by atoms with Gasteiger partial charge in [0, 0.05) is 6.07 Å². The maximum Gasteiger partial charge on any atom is 0.210 e. The van der Waals surface area contributed by atoms with E-state index in [9.17, 15) is 4.79 Å². The van der Waals surface area contributed by atoms with Crippen molar-refractivity contribution in [2.24, 2.45) is 0 Å². The van der Waals surface area contributed by atoms with Crippen LogP contribution in [0.15, 0.2) is 10.6 Å². The molecule has 1 aromatic rings. The third kappa shape index (κ3) is 0.970. The molecular weight excluding hydrogens is 118 g/mol. The molecule has 0 fully saturated rings. The summed E-state index contributed by atoms with van der Waals surface area (Å²) in [6.07, 6.45) is 5.49. The molecule has 3 nitrogen and oxygen atoms in total. The summed E-state index contributed by atoms with van der Waals surface area (Å²) < 4.78 is 4.49. The molecule has 9 heavy (non-hydrogen) atoms. The van der Waals surface area contributed by atoms with Crippen molar-refractivity contribution in [3.8, 4) is 12.3 Å². The first-order valence-electron chi connectivity index (χ1n) is 2.25. The lowest BCUT2D eigenvalue weighted by Crippen LogP contribution is -1.72. The van der Waals surface area contributed by atoms with Crippen LogP contribution in [0.1, 0.15) is 16.2 Å². The van der Waals surface area contributed by atoms with Crippen LogP contribution in [0.5, 0.6) is 0 Å². The van der Waals surface area contributed by atoms with Crippen molar-refractivity contribution in [1.29, 1.82) is 0 Å². The Morgan fingerprint density at radius 1 is 1.89 bits per heavy atom. The Labute approximate surface area is 51.7 Å². The van der Waals surface area contributed by atoms with Crippen molar-refractivity contribution in [3.05, 3.63) is 17.5 Å². The molecule has 0 amide bonds. The van der Waals surface area contributed by atoms with Crippen LogP contribution in [-0.2, 0) is 0 Å². The van der Waals surface area contributed by atoms with E-state index in [2.05, 4.69) is 15.6 Å². The van der Waals surface area contributed by atoms with Crippen LogP contribution >= 0.6 is 0 Å². The van der Waals surface area contributed by atoms with E-state index < -0.39 is 0 Å². The van der Waals surface area contributed by atoms with Crippen molar-refractivity contribution in [3.63, 3.8) is 0 Å². The van der Waals surface area contributed by atoms with Gasteiger partial charge in [-0.05, 0) is 5.92 Å². The van der Waals surface area contributed by atoms with E-state index in [0.29, 0.717) is 6.29 Å². The minimum atomic E-state index is 0.225. The fourth-order valence-corrected chi connectivity index (χ4v) is 0.412. The van der Waals surface area contributed by atoms with E-state index in [4.69, 9.17) is 6.42 Å². The number of hydrogen-bond acceptors (Lipinski definition) is 3. The Bertz CT molecular complexity index is 256. The Hall–Kier alpha value is -1.56. The molecule has 0 saturated carbocycles. The van der Waals surface area contributed by atoms with Gasteiger partial charge in [-0.3, -0.25) is 4.79 Å². The highest BCUT2D eigenvalue weighted by Crippen LogP contribution is 1.97. The predicted molar refractivity (Wildman–Crippen MR) is 29.8 cm³/mol. The van der Waals surface area contributed by atoms with Crippen LogP contribution < -0.4 is 0 Å². The third-order valence-corrected chi connectivity index (χ3v) is 0.791. The van der Waals surface area contributed by atoms with E-state index >= 15 is 0 Å². The average Bonchev–Trinajstić information content (AvgIpc) is 2.34. The molecule has 1 aromatic heterocycles. The van der Waals surface area contributed by atoms with Crippen LogP contribution in [-0.4, -0.2) is 11.4 Å². The van der Waals surface area contributed by atoms with Gasteiger partial charge in [0.2, 0.25) is 5.76 Å². The minimum Gasteiger partial charge on any atom is -0.347 e. The standard InChI is InChI=1S/C6H3NO2/c1-2-6-3-5(4-8)7-9-6/h1,3-4H. The first kappa shape index (κ1) is 5.57. The molecule has 0 unspecified atom stereocenters. The highest BCUT2D eigenvalue weighted by molar-refractivity contribution is 5.71. The molecule has 3 heteroatoms. The number of nitrogens with zero attached hydrogens (tertiary/aromatic N) is 1. The van der Waals surface area contributed by atoms with Gasteiger partial charge in [-0.25, -0.2) is 0 Å². The van der Waals surface area contributed by atoms with Crippen LogP contribution in [0.25, 0.3) is 0 Å². The molecule has 0 aliphatic carbocycles. The quantitative estimate of drug-likeness (QED) is 0.400. The van der Waals surface area contributed by atoms with Gasteiger partial charge in [0.05, 0.1) is 0 Å². The van der Waals surface area contributed by atoms with E-state index in [1.807, 2.05) is 0 Å². The van der Waals surface area contributed by atoms with Gasteiger partial charge in [-0.1, -0.05) is 5.16 Å². The number of hydrogen-bond donors (Lipinski definition) is 0.